The highest BCUT2D eigenvalue weighted by Gasteiger charge is 2.16. The Kier molecular flexibility index (Phi) is 6.34. The molecule has 0 bridgehead atoms. The average molecular weight is 309 g/mol. The van der Waals surface area contributed by atoms with Gasteiger partial charge < -0.3 is 4.90 Å². The van der Waals surface area contributed by atoms with Crippen LogP contribution in [0.3, 0.4) is 0 Å². The fourth-order valence-corrected chi connectivity index (χ4v) is 2.92. The minimum absolute atomic E-state index is 0.0249. The maximum Gasteiger partial charge on any atom is 0.240 e. The van der Waals surface area contributed by atoms with E-state index in [1.165, 1.54) is 24.3 Å². The van der Waals surface area contributed by atoms with Crippen LogP contribution in [0.1, 0.15) is 25.8 Å². The minimum atomic E-state index is -3.70. The van der Waals surface area contributed by atoms with Crippen LogP contribution in [0.5, 0.6) is 0 Å². The molecule has 21 heavy (non-hydrogen) atoms. The topological polar surface area (TPSA) is 90.3 Å². The molecule has 0 saturated heterocycles. The van der Waals surface area contributed by atoms with Crippen LogP contribution in [-0.2, 0) is 14.8 Å². The molecule has 1 rings (SSSR count). The number of nitrogens with zero attached hydrogens (tertiary/aromatic N) is 2. The van der Waals surface area contributed by atoms with Crippen molar-refractivity contribution in [3.05, 3.63) is 29.8 Å². The summed E-state index contributed by atoms with van der Waals surface area (Å²) in [7, 11) is -3.70. The van der Waals surface area contributed by atoms with Gasteiger partial charge in [-0.2, -0.15) is 5.26 Å². The molecule has 0 aliphatic heterocycles. The summed E-state index contributed by atoms with van der Waals surface area (Å²) in [6.07, 6.45) is 0.110. The lowest BCUT2D eigenvalue weighted by Gasteiger charge is -2.18. The first kappa shape index (κ1) is 17.1. The molecule has 0 spiro atoms. The molecule has 0 radical (unpaired) electrons. The SMILES string of the molecule is CCN(CC)C(=O)CCNS(=O)(=O)c1cccc(C#N)c1. The van der Waals surface area contributed by atoms with E-state index in [1.807, 2.05) is 19.9 Å². The summed E-state index contributed by atoms with van der Waals surface area (Å²) in [5.41, 5.74) is 0.275. The van der Waals surface area contributed by atoms with Crippen molar-refractivity contribution in [2.45, 2.75) is 25.2 Å². The number of hydrogen-bond acceptors (Lipinski definition) is 4. The number of sulfonamides is 1. The number of carbonyl (C=O) groups is 1. The van der Waals surface area contributed by atoms with Crippen molar-refractivity contribution in [3.63, 3.8) is 0 Å². The van der Waals surface area contributed by atoms with Gasteiger partial charge in [-0.25, -0.2) is 13.1 Å². The van der Waals surface area contributed by atoms with Gasteiger partial charge in [0.05, 0.1) is 16.5 Å². The van der Waals surface area contributed by atoms with Gasteiger partial charge in [-0.05, 0) is 32.0 Å². The highest BCUT2D eigenvalue weighted by molar-refractivity contribution is 7.89. The molecule has 0 atom stereocenters. The van der Waals surface area contributed by atoms with Crippen LogP contribution in [0.15, 0.2) is 29.2 Å². The highest BCUT2D eigenvalue weighted by atomic mass is 32.2. The maximum atomic E-state index is 12.0. The van der Waals surface area contributed by atoms with E-state index in [0.29, 0.717) is 13.1 Å². The summed E-state index contributed by atoms with van der Waals surface area (Å²) in [6.45, 7) is 4.99. The summed E-state index contributed by atoms with van der Waals surface area (Å²) in [5, 5.41) is 8.78. The van der Waals surface area contributed by atoms with Crippen LogP contribution in [0.4, 0.5) is 0 Å². The summed E-state index contributed by atoms with van der Waals surface area (Å²) < 4.78 is 26.5. The lowest BCUT2D eigenvalue weighted by Crippen LogP contribution is -2.34. The van der Waals surface area contributed by atoms with Crippen LogP contribution >= 0.6 is 0 Å². The van der Waals surface area contributed by atoms with E-state index in [9.17, 15) is 13.2 Å². The number of benzene rings is 1. The number of rotatable bonds is 7. The van der Waals surface area contributed by atoms with Gasteiger partial charge >= 0.3 is 0 Å². The van der Waals surface area contributed by atoms with E-state index >= 15 is 0 Å². The largest absolute Gasteiger partial charge is 0.343 e. The Morgan fingerprint density at radius 3 is 2.57 bits per heavy atom. The lowest BCUT2D eigenvalue weighted by molar-refractivity contribution is -0.130. The van der Waals surface area contributed by atoms with E-state index in [0.717, 1.165) is 0 Å². The molecule has 0 fully saturated rings. The maximum absolute atomic E-state index is 12.0. The number of hydrogen-bond donors (Lipinski definition) is 1. The molecule has 0 saturated carbocycles. The van der Waals surface area contributed by atoms with E-state index in [-0.39, 0.29) is 29.3 Å². The quantitative estimate of drug-likeness (QED) is 0.816. The molecule has 1 N–H and O–H groups in total. The third kappa shape index (κ3) is 4.85. The van der Waals surface area contributed by atoms with Crippen molar-refractivity contribution in [2.24, 2.45) is 0 Å². The fraction of sp³-hybridized carbons (Fsp3) is 0.429. The van der Waals surface area contributed by atoms with E-state index in [4.69, 9.17) is 5.26 Å². The van der Waals surface area contributed by atoms with Crippen molar-refractivity contribution in [1.29, 1.82) is 5.26 Å². The van der Waals surface area contributed by atoms with Crippen LogP contribution < -0.4 is 4.72 Å². The number of nitriles is 1. The summed E-state index contributed by atoms with van der Waals surface area (Å²) >= 11 is 0. The Balaban J connectivity index is 2.66. The van der Waals surface area contributed by atoms with Crippen molar-refractivity contribution >= 4 is 15.9 Å². The summed E-state index contributed by atoms with van der Waals surface area (Å²) in [5.74, 6) is -0.0894. The zero-order valence-corrected chi connectivity index (χ0v) is 13.0. The number of amides is 1. The molecule has 0 unspecified atom stereocenters. The average Bonchev–Trinajstić information content (AvgIpc) is 2.48. The van der Waals surface area contributed by atoms with Crippen LogP contribution in [0.25, 0.3) is 0 Å². The molecule has 7 heteroatoms. The Morgan fingerprint density at radius 1 is 1.33 bits per heavy atom. The minimum Gasteiger partial charge on any atom is -0.343 e. The van der Waals surface area contributed by atoms with Gasteiger partial charge in [0.1, 0.15) is 0 Å². The predicted octanol–water partition coefficient (Wildman–Crippen LogP) is 1.10. The molecule has 0 aliphatic carbocycles. The number of carbonyl (C=O) groups excluding carboxylic acids is 1. The Hall–Kier alpha value is -1.91. The van der Waals surface area contributed by atoms with Gasteiger partial charge in [0.25, 0.3) is 0 Å². The van der Waals surface area contributed by atoms with E-state index in [2.05, 4.69) is 4.72 Å². The van der Waals surface area contributed by atoms with Crippen molar-refractivity contribution in [3.8, 4) is 6.07 Å². The van der Waals surface area contributed by atoms with E-state index < -0.39 is 10.0 Å². The Labute approximate surface area is 125 Å². The predicted molar refractivity (Wildman–Crippen MR) is 78.9 cm³/mol. The zero-order chi connectivity index (χ0) is 15.9. The monoisotopic (exact) mass is 309 g/mol. The first-order valence-corrected chi connectivity index (χ1v) is 8.20. The summed E-state index contributed by atoms with van der Waals surface area (Å²) in [6, 6.07) is 7.64. The first-order valence-electron chi connectivity index (χ1n) is 6.72. The molecular formula is C14H19N3O3S. The van der Waals surface area contributed by atoms with Crippen molar-refractivity contribution in [2.75, 3.05) is 19.6 Å². The second kappa shape index (κ2) is 7.76. The van der Waals surface area contributed by atoms with Gasteiger partial charge in [0.15, 0.2) is 0 Å². The fourth-order valence-electron chi connectivity index (χ4n) is 1.84. The van der Waals surface area contributed by atoms with Gasteiger partial charge in [-0.1, -0.05) is 6.07 Å². The van der Waals surface area contributed by atoms with Crippen molar-refractivity contribution < 1.29 is 13.2 Å². The first-order chi connectivity index (χ1) is 9.94. The standard InChI is InChI=1S/C14H19N3O3S/c1-3-17(4-2)14(18)8-9-16-21(19,20)13-7-5-6-12(10-13)11-15/h5-7,10,16H,3-4,8-9H2,1-2H3. The van der Waals surface area contributed by atoms with Crippen LogP contribution in [0, 0.1) is 11.3 Å². The van der Waals surface area contributed by atoms with Crippen molar-refractivity contribution in [1.82, 2.24) is 9.62 Å². The smallest absolute Gasteiger partial charge is 0.240 e. The zero-order valence-electron chi connectivity index (χ0n) is 12.2. The van der Waals surface area contributed by atoms with Gasteiger partial charge in [-0.3, -0.25) is 4.79 Å². The third-order valence-corrected chi connectivity index (χ3v) is 4.48. The molecule has 0 aliphatic rings. The van der Waals surface area contributed by atoms with Gasteiger partial charge in [-0.15, -0.1) is 0 Å². The van der Waals surface area contributed by atoms with Gasteiger partial charge in [0, 0.05) is 26.1 Å². The lowest BCUT2D eigenvalue weighted by atomic mass is 10.2. The molecule has 0 heterocycles. The second-order valence-corrected chi connectivity index (χ2v) is 6.12. The van der Waals surface area contributed by atoms with Crippen LogP contribution in [-0.4, -0.2) is 38.9 Å². The Bertz CT molecular complexity index is 631. The highest BCUT2D eigenvalue weighted by Crippen LogP contribution is 2.10. The molecule has 1 aromatic rings. The molecule has 1 amide bonds. The molecule has 0 aromatic heterocycles. The normalized spacial score (nSPS) is 10.9. The molecule has 1 aromatic carbocycles. The molecular weight excluding hydrogens is 290 g/mol. The molecule has 6 nitrogen and oxygen atoms in total. The van der Waals surface area contributed by atoms with Crippen LogP contribution in [0.2, 0.25) is 0 Å². The number of nitrogens with one attached hydrogen (secondary N) is 1. The Morgan fingerprint density at radius 2 is 2.00 bits per heavy atom. The third-order valence-electron chi connectivity index (χ3n) is 3.02. The summed E-state index contributed by atoms with van der Waals surface area (Å²) in [4.78, 5) is 13.4. The van der Waals surface area contributed by atoms with Gasteiger partial charge in [0.2, 0.25) is 15.9 Å². The van der Waals surface area contributed by atoms with E-state index in [1.54, 1.807) is 4.90 Å². The second-order valence-electron chi connectivity index (χ2n) is 4.35. The molecule has 114 valence electrons.